The Morgan fingerprint density at radius 2 is 1.96 bits per heavy atom. The lowest BCUT2D eigenvalue weighted by Gasteiger charge is -2.13. The summed E-state index contributed by atoms with van der Waals surface area (Å²) in [6.45, 7) is 1.20. The second-order valence-corrected chi connectivity index (χ2v) is 5.55. The SMILES string of the molecule is C[C@@H](NC(=O)c1ccccc1Cl)C(=O)OCC(=O)NCc1ccco1. The van der Waals surface area contributed by atoms with Crippen molar-refractivity contribution >= 4 is 29.4 Å². The molecule has 0 unspecified atom stereocenters. The van der Waals surface area contributed by atoms with E-state index in [1.807, 2.05) is 0 Å². The lowest BCUT2D eigenvalue weighted by molar-refractivity contribution is -0.150. The summed E-state index contributed by atoms with van der Waals surface area (Å²) in [6, 6.07) is 8.94. The smallest absolute Gasteiger partial charge is 0.328 e. The Morgan fingerprint density at radius 1 is 1.20 bits per heavy atom. The number of furan rings is 1. The number of amides is 2. The first-order chi connectivity index (χ1) is 12.0. The van der Waals surface area contributed by atoms with Crippen LogP contribution in [0.1, 0.15) is 23.0 Å². The van der Waals surface area contributed by atoms with E-state index < -0.39 is 30.4 Å². The molecular formula is C17H17ClN2O5. The molecule has 1 aromatic carbocycles. The fraction of sp³-hybridized carbons (Fsp3) is 0.235. The zero-order valence-electron chi connectivity index (χ0n) is 13.5. The number of rotatable bonds is 7. The van der Waals surface area contributed by atoms with Crippen molar-refractivity contribution in [1.82, 2.24) is 10.6 Å². The van der Waals surface area contributed by atoms with Crippen LogP contribution in [0, 0.1) is 0 Å². The summed E-state index contributed by atoms with van der Waals surface area (Å²) in [7, 11) is 0. The van der Waals surface area contributed by atoms with Gasteiger partial charge in [0.2, 0.25) is 0 Å². The van der Waals surface area contributed by atoms with Crippen LogP contribution in [-0.2, 0) is 20.9 Å². The van der Waals surface area contributed by atoms with Gasteiger partial charge < -0.3 is 19.8 Å². The molecule has 0 fully saturated rings. The molecule has 0 bridgehead atoms. The molecule has 0 saturated carbocycles. The predicted octanol–water partition coefficient (Wildman–Crippen LogP) is 1.91. The molecule has 2 amide bonds. The first-order valence-electron chi connectivity index (χ1n) is 7.48. The third-order valence-corrected chi connectivity index (χ3v) is 3.53. The van der Waals surface area contributed by atoms with Crippen molar-refractivity contribution in [2.75, 3.05) is 6.61 Å². The van der Waals surface area contributed by atoms with Crippen LogP contribution in [0.25, 0.3) is 0 Å². The second-order valence-electron chi connectivity index (χ2n) is 5.14. The van der Waals surface area contributed by atoms with Crippen LogP contribution >= 0.6 is 11.6 Å². The number of carbonyl (C=O) groups excluding carboxylic acids is 3. The number of ether oxygens (including phenoxy) is 1. The van der Waals surface area contributed by atoms with E-state index in [-0.39, 0.29) is 17.1 Å². The van der Waals surface area contributed by atoms with Gasteiger partial charge in [0.25, 0.3) is 11.8 Å². The quantitative estimate of drug-likeness (QED) is 0.731. The van der Waals surface area contributed by atoms with E-state index >= 15 is 0 Å². The largest absolute Gasteiger partial charge is 0.467 e. The van der Waals surface area contributed by atoms with Gasteiger partial charge in [-0.2, -0.15) is 0 Å². The second kappa shape index (κ2) is 8.89. The van der Waals surface area contributed by atoms with E-state index in [1.54, 1.807) is 30.3 Å². The molecule has 1 aromatic heterocycles. The zero-order valence-corrected chi connectivity index (χ0v) is 14.2. The number of halogens is 1. The molecule has 0 aliphatic heterocycles. The van der Waals surface area contributed by atoms with Crippen LogP contribution in [0.3, 0.4) is 0 Å². The van der Waals surface area contributed by atoms with Crippen LogP contribution in [0.4, 0.5) is 0 Å². The minimum atomic E-state index is -0.929. The third-order valence-electron chi connectivity index (χ3n) is 3.21. The topological polar surface area (TPSA) is 97.6 Å². The van der Waals surface area contributed by atoms with Crippen molar-refractivity contribution < 1.29 is 23.5 Å². The Labute approximate surface area is 149 Å². The van der Waals surface area contributed by atoms with Gasteiger partial charge in [-0.15, -0.1) is 0 Å². The van der Waals surface area contributed by atoms with Crippen LogP contribution in [0.5, 0.6) is 0 Å². The van der Waals surface area contributed by atoms with E-state index in [0.717, 1.165) is 0 Å². The van der Waals surface area contributed by atoms with E-state index in [9.17, 15) is 14.4 Å². The molecule has 132 valence electrons. The van der Waals surface area contributed by atoms with Crippen LogP contribution < -0.4 is 10.6 Å². The van der Waals surface area contributed by atoms with Gasteiger partial charge in [-0.3, -0.25) is 9.59 Å². The molecule has 1 atom stereocenters. The number of benzene rings is 1. The molecule has 1 heterocycles. The monoisotopic (exact) mass is 364 g/mol. The summed E-state index contributed by atoms with van der Waals surface area (Å²) in [6.07, 6.45) is 1.49. The highest BCUT2D eigenvalue weighted by Crippen LogP contribution is 2.14. The molecule has 0 radical (unpaired) electrons. The molecule has 0 spiro atoms. The maximum atomic E-state index is 12.1. The van der Waals surface area contributed by atoms with Gasteiger partial charge in [0.15, 0.2) is 6.61 Å². The predicted molar refractivity (Wildman–Crippen MR) is 89.9 cm³/mol. The molecule has 2 N–H and O–H groups in total. The molecule has 8 heteroatoms. The number of nitrogens with one attached hydrogen (secondary N) is 2. The molecule has 2 rings (SSSR count). The highest BCUT2D eigenvalue weighted by atomic mass is 35.5. The number of carbonyl (C=O) groups is 3. The van der Waals surface area contributed by atoms with Crippen LogP contribution in [0.15, 0.2) is 47.1 Å². The van der Waals surface area contributed by atoms with E-state index in [1.165, 1.54) is 19.3 Å². The van der Waals surface area contributed by atoms with Crippen molar-refractivity contribution in [3.05, 3.63) is 59.0 Å². The number of esters is 1. The zero-order chi connectivity index (χ0) is 18.2. The highest BCUT2D eigenvalue weighted by molar-refractivity contribution is 6.33. The van der Waals surface area contributed by atoms with Crippen molar-refractivity contribution in [2.24, 2.45) is 0 Å². The molecule has 0 aliphatic carbocycles. The van der Waals surface area contributed by atoms with Gasteiger partial charge in [-0.05, 0) is 31.2 Å². The minimum absolute atomic E-state index is 0.197. The standard InChI is InChI=1S/C17H17ClN2O5/c1-11(20-16(22)13-6-2-3-7-14(13)18)17(23)25-10-15(21)19-9-12-5-4-8-24-12/h2-8,11H,9-10H2,1H3,(H,19,21)(H,20,22)/t11-/m1/s1. The molecule has 0 aliphatic rings. The molecule has 7 nitrogen and oxygen atoms in total. The summed E-state index contributed by atoms with van der Waals surface area (Å²) in [4.78, 5) is 35.5. The average Bonchev–Trinajstić information content (AvgIpc) is 3.11. The van der Waals surface area contributed by atoms with Gasteiger partial charge in [0.1, 0.15) is 11.8 Å². The Balaban J connectivity index is 1.75. The Morgan fingerprint density at radius 3 is 2.64 bits per heavy atom. The van der Waals surface area contributed by atoms with Crippen molar-refractivity contribution in [3.63, 3.8) is 0 Å². The van der Waals surface area contributed by atoms with Crippen LogP contribution in [-0.4, -0.2) is 30.4 Å². The van der Waals surface area contributed by atoms with Gasteiger partial charge in [-0.1, -0.05) is 23.7 Å². The number of hydrogen-bond acceptors (Lipinski definition) is 5. The summed E-state index contributed by atoms with van der Waals surface area (Å²) in [5.74, 6) is -1.12. The normalized spacial score (nSPS) is 11.4. The maximum absolute atomic E-state index is 12.1. The molecule has 0 saturated heterocycles. The minimum Gasteiger partial charge on any atom is -0.467 e. The molecular weight excluding hydrogens is 348 g/mol. The van der Waals surface area contributed by atoms with E-state index in [2.05, 4.69) is 10.6 Å². The fourth-order valence-corrected chi connectivity index (χ4v) is 2.11. The highest BCUT2D eigenvalue weighted by Gasteiger charge is 2.20. The molecule has 25 heavy (non-hydrogen) atoms. The Kier molecular flexibility index (Phi) is 6.59. The molecule has 2 aromatic rings. The number of hydrogen-bond donors (Lipinski definition) is 2. The van der Waals surface area contributed by atoms with E-state index in [0.29, 0.717) is 5.76 Å². The van der Waals surface area contributed by atoms with E-state index in [4.69, 9.17) is 20.8 Å². The summed E-state index contributed by atoms with van der Waals surface area (Å²) < 4.78 is 9.94. The first kappa shape index (κ1) is 18.5. The van der Waals surface area contributed by atoms with Gasteiger partial charge in [0, 0.05) is 0 Å². The fourth-order valence-electron chi connectivity index (χ4n) is 1.89. The first-order valence-corrected chi connectivity index (χ1v) is 7.86. The van der Waals surface area contributed by atoms with Crippen molar-refractivity contribution in [3.8, 4) is 0 Å². The van der Waals surface area contributed by atoms with Gasteiger partial charge >= 0.3 is 5.97 Å². The lowest BCUT2D eigenvalue weighted by Crippen LogP contribution is -2.41. The third kappa shape index (κ3) is 5.65. The summed E-state index contributed by atoms with van der Waals surface area (Å²) >= 11 is 5.92. The Bertz CT molecular complexity index is 745. The van der Waals surface area contributed by atoms with Crippen molar-refractivity contribution in [1.29, 1.82) is 0 Å². The Hall–Kier alpha value is -2.80. The van der Waals surface area contributed by atoms with Gasteiger partial charge in [-0.25, -0.2) is 4.79 Å². The maximum Gasteiger partial charge on any atom is 0.328 e. The average molecular weight is 365 g/mol. The summed E-state index contributed by atoms with van der Waals surface area (Å²) in [5, 5.41) is 5.28. The summed E-state index contributed by atoms with van der Waals surface area (Å²) in [5.41, 5.74) is 0.250. The van der Waals surface area contributed by atoms with Crippen molar-refractivity contribution in [2.45, 2.75) is 19.5 Å². The van der Waals surface area contributed by atoms with Gasteiger partial charge in [0.05, 0.1) is 23.4 Å². The van der Waals surface area contributed by atoms with Crippen LogP contribution in [0.2, 0.25) is 5.02 Å². The lowest BCUT2D eigenvalue weighted by atomic mass is 10.2.